The molecule has 0 N–H and O–H groups in total. The van der Waals surface area contributed by atoms with E-state index in [0.717, 1.165) is 6.92 Å². The zero-order chi connectivity index (χ0) is 13.1. The van der Waals surface area contributed by atoms with E-state index in [4.69, 9.17) is 9.90 Å². The van der Waals surface area contributed by atoms with Gasteiger partial charge in [0.15, 0.2) is 5.71 Å². The number of carboxylic acids is 1. The summed E-state index contributed by atoms with van der Waals surface area (Å²) in [5.74, 6) is -1.08. The first-order valence-electron chi connectivity index (χ1n) is 6.89. The van der Waals surface area contributed by atoms with Gasteiger partial charge < -0.3 is 9.90 Å². The van der Waals surface area contributed by atoms with Crippen molar-refractivity contribution in [2.24, 2.45) is 0 Å². The molecule has 0 amide bonds. The molecule has 0 fully saturated rings. The largest absolute Gasteiger partial charge is 0.550 e. The quantitative estimate of drug-likeness (QED) is 0.527. The molecule has 3 heteroatoms. The number of aliphatic carboxylic acids is 1. The van der Waals surface area contributed by atoms with Crippen LogP contribution in [0.4, 0.5) is 0 Å². The molecule has 0 unspecified atom stereocenters. The van der Waals surface area contributed by atoms with Gasteiger partial charge in [0.1, 0.15) is 13.1 Å². The van der Waals surface area contributed by atoms with Crippen molar-refractivity contribution < 1.29 is 14.5 Å². The topological polar surface area (TPSA) is 43.1 Å². The van der Waals surface area contributed by atoms with E-state index in [9.17, 15) is 0 Å². The fourth-order valence-corrected chi connectivity index (χ4v) is 2.19. The lowest BCUT2D eigenvalue weighted by Crippen LogP contribution is -2.16. The second-order valence-corrected chi connectivity index (χ2v) is 4.56. The number of carbonyl (C=O) groups excluding carboxylic acids is 1. The first-order chi connectivity index (χ1) is 8.11. The van der Waals surface area contributed by atoms with Gasteiger partial charge in [0.05, 0.1) is 0 Å². The second kappa shape index (κ2) is 10.3. The first-order valence-corrected chi connectivity index (χ1v) is 6.89. The summed E-state index contributed by atoms with van der Waals surface area (Å²) in [5.41, 5.74) is 1.71. The zero-order valence-electron chi connectivity index (χ0n) is 11.6. The van der Waals surface area contributed by atoms with E-state index in [1.807, 2.05) is 0 Å². The summed E-state index contributed by atoms with van der Waals surface area (Å²) in [5, 5.41) is 8.89. The Balaban J connectivity index is 0.000000557. The Morgan fingerprint density at radius 3 is 2.47 bits per heavy atom. The highest BCUT2D eigenvalue weighted by atomic mass is 16.4. The molecule has 0 spiro atoms. The molecule has 0 radical (unpaired) electrons. The monoisotopic (exact) mass is 241 g/mol. The minimum absolute atomic E-state index is 0.972. The predicted octanol–water partition coefficient (Wildman–Crippen LogP) is 1.98. The predicted molar refractivity (Wildman–Crippen MR) is 69.3 cm³/mol. The third-order valence-corrected chi connectivity index (χ3v) is 3.03. The molecule has 0 aromatic carbocycles. The summed E-state index contributed by atoms with van der Waals surface area (Å²) in [7, 11) is 0. The van der Waals surface area contributed by atoms with Crippen LogP contribution in [-0.2, 0) is 4.79 Å². The fourth-order valence-electron chi connectivity index (χ4n) is 2.19. The Labute approximate surface area is 106 Å². The van der Waals surface area contributed by atoms with E-state index in [2.05, 4.69) is 18.4 Å². The van der Waals surface area contributed by atoms with Gasteiger partial charge in [-0.1, -0.05) is 26.7 Å². The lowest BCUT2D eigenvalue weighted by atomic mass is 10.2. The van der Waals surface area contributed by atoms with Gasteiger partial charge in [-0.3, -0.25) is 0 Å². The maximum absolute atomic E-state index is 8.89. The van der Waals surface area contributed by atoms with E-state index < -0.39 is 5.97 Å². The molecule has 0 aromatic rings. The molecule has 0 saturated heterocycles. The van der Waals surface area contributed by atoms with Crippen LogP contribution in [0.1, 0.15) is 65.7 Å². The van der Waals surface area contributed by atoms with Gasteiger partial charge >= 0.3 is 0 Å². The zero-order valence-corrected chi connectivity index (χ0v) is 11.6. The maximum atomic E-state index is 8.89. The summed E-state index contributed by atoms with van der Waals surface area (Å²) < 4.78 is 2.62. The Morgan fingerprint density at radius 2 is 1.94 bits per heavy atom. The van der Waals surface area contributed by atoms with Gasteiger partial charge in [-0.25, -0.2) is 4.58 Å². The highest BCUT2D eigenvalue weighted by Crippen LogP contribution is 2.09. The Kier molecular flexibility index (Phi) is 9.78. The molecule has 0 aromatic heterocycles. The van der Waals surface area contributed by atoms with E-state index in [-0.39, 0.29) is 0 Å². The van der Waals surface area contributed by atoms with Crippen LogP contribution in [0.15, 0.2) is 0 Å². The number of hydrogen-bond acceptors (Lipinski definition) is 2. The van der Waals surface area contributed by atoms with Gasteiger partial charge in [0.25, 0.3) is 0 Å². The van der Waals surface area contributed by atoms with Crippen molar-refractivity contribution in [3.8, 4) is 0 Å². The SMILES string of the molecule is CC(=O)[O-].CCCCCC[N+]1=C(CC)CCC1. The van der Waals surface area contributed by atoms with E-state index in [1.165, 1.54) is 58.0 Å². The number of nitrogens with zero attached hydrogens (tertiary/aromatic N) is 1. The highest BCUT2D eigenvalue weighted by molar-refractivity contribution is 5.80. The van der Waals surface area contributed by atoms with Gasteiger partial charge in [-0.15, -0.1) is 0 Å². The molecule has 0 aliphatic carbocycles. The van der Waals surface area contributed by atoms with Crippen LogP contribution in [0.25, 0.3) is 0 Å². The van der Waals surface area contributed by atoms with Crippen LogP contribution in [0, 0.1) is 0 Å². The maximum Gasteiger partial charge on any atom is 0.152 e. The molecule has 0 atom stereocenters. The van der Waals surface area contributed by atoms with Crippen LogP contribution < -0.4 is 5.11 Å². The molecule has 1 aliphatic rings. The lowest BCUT2D eigenvalue weighted by molar-refractivity contribution is -0.521. The van der Waals surface area contributed by atoms with Crippen LogP contribution >= 0.6 is 0 Å². The number of carbonyl (C=O) groups is 1. The Bertz CT molecular complexity index is 243. The molecule has 0 saturated carbocycles. The van der Waals surface area contributed by atoms with Crippen molar-refractivity contribution in [3.63, 3.8) is 0 Å². The molecule has 1 aliphatic heterocycles. The van der Waals surface area contributed by atoms with Crippen LogP contribution in [0.2, 0.25) is 0 Å². The number of carboxylic acid groups (broad SMARTS) is 1. The van der Waals surface area contributed by atoms with Crippen molar-refractivity contribution in [1.29, 1.82) is 0 Å². The van der Waals surface area contributed by atoms with Crippen molar-refractivity contribution in [2.45, 2.75) is 65.7 Å². The third kappa shape index (κ3) is 8.90. The van der Waals surface area contributed by atoms with E-state index in [1.54, 1.807) is 5.71 Å². The highest BCUT2D eigenvalue weighted by Gasteiger charge is 2.19. The number of hydrogen-bond donors (Lipinski definition) is 0. The van der Waals surface area contributed by atoms with Crippen LogP contribution in [0.5, 0.6) is 0 Å². The van der Waals surface area contributed by atoms with Gasteiger partial charge in [-0.2, -0.15) is 0 Å². The van der Waals surface area contributed by atoms with Crippen LogP contribution in [-0.4, -0.2) is 29.3 Å². The summed E-state index contributed by atoms with van der Waals surface area (Å²) in [6.07, 6.45) is 9.62. The van der Waals surface area contributed by atoms with E-state index in [0.29, 0.717) is 0 Å². The molecular weight excluding hydrogens is 214 g/mol. The normalized spacial score (nSPS) is 14.5. The van der Waals surface area contributed by atoms with Crippen LogP contribution in [0.3, 0.4) is 0 Å². The van der Waals surface area contributed by atoms with Crippen molar-refractivity contribution in [3.05, 3.63) is 0 Å². The standard InChI is InChI=1S/C12H24N.C2H4O2/c1-3-5-6-7-10-13-11-8-9-12(13)4-2;1-2(3)4/h3-11H2,1-2H3;1H3,(H,3,4)/q+1;/p-1. The van der Waals surface area contributed by atoms with Gasteiger partial charge in [0.2, 0.25) is 0 Å². The molecule has 100 valence electrons. The minimum Gasteiger partial charge on any atom is -0.550 e. The third-order valence-electron chi connectivity index (χ3n) is 3.03. The summed E-state index contributed by atoms with van der Waals surface area (Å²) in [6.45, 7) is 8.19. The Morgan fingerprint density at radius 1 is 1.29 bits per heavy atom. The lowest BCUT2D eigenvalue weighted by Gasteiger charge is -2.00. The summed E-state index contributed by atoms with van der Waals surface area (Å²) in [6, 6.07) is 0. The summed E-state index contributed by atoms with van der Waals surface area (Å²) >= 11 is 0. The molecule has 1 rings (SSSR count). The van der Waals surface area contributed by atoms with Crippen molar-refractivity contribution in [1.82, 2.24) is 0 Å². The first kappa shape index (κ1) is 16.1. The molecule has 3 nitrogen and oxygen atoms in total. The second-order valence-electron chi connectivity index (χ2n) is 4.56. The molecule has 17 heavy (non-hydrogen) atoms. The minimum atomic E-state index is -1.08. The smallest absolute Gasteiger partial charge is 0.152 e. The average Bonchev–Trinajstić information content (AvgIpc) is 2.71. The van der Waals surface area contributed by atoms with E-state index >= 15 is 0 Å². The average molecular weight is 241 g/mol. The van der Waals surface area contributed by atoms with Crippen molar-refractivity contribution >= 4 is 11.7 Å². The van der Waals surface area contributed by atoms with Crippen molar-refractivity contribution in [2.75, 3.05) is 13.1 Å². The molecule has 0 bridgehead atoms. The molecule has 1 heterocycles. The fraction of sp³-hybridized carbons (Fsp3) is 0.857. The van der Waals surface area contributed by atoms with Gasteiger partial charge in [0, 0.05) is 31.7 Å². The Hall–Kier alpha value is -0.860. The summed E-state index contributed by atoms with van der Waals surface area (Å²) in [4.78, 5) is 8.89. The number of unbranched alkanes of at least 4 members (excludes halogenated alkanes) is 3. The van der Waals surface area contributed by atoms with Gasteiger partial charge in [-0.05, 0) is 13.3 Å². The molecular formula is C14H27NO2. The number of rotatable bonds is 6.